The molecular formula is C6H2F6O4S. The summed E-state index contributed by atoms with van der Waals surface area (Å²) in [6.45, 7) is 0. The third-order valence-electron chi connectivity index (χ3n) is 0.884. The fraction of sp³-hybridized carbons (Fsp3) is 0.333. The van der Waals surface area contributed by atoms with Crippen molar-refractivity contribution >= 4 is 34.0 Å². The highest BCUT2D eigenvalue weighted by atomic mass is 32.1. The highest BCUT2D eigenvalue weighted by Crippen LogP contribution is 2.16. The summed E-state index contributed by atoms with van der Waals surface area (Å²) in [6, 6.07) is 0. The monoisotopic (exact) mass is 284 g/mol. The SMILES string of the molecule is O=C(OC=S=COC(=O)C(F)(F)F)C(F)(F)F. The number of rotatable bonds is 2. The van der Waals surface area contributed by atoms with E-state index in [1.54, 1.807) is 0 Å². The van der Waals surface area contributed by atoms with Gasteiger partial charge in [0.25, 0.3) is 0 Å². The van der Waals surface area contributed by atoms with Gasteiger partial charge < -0.3 is 9.47 Å². The zero-order valence-electron chi connectivity index (χ0n) is 7.46. The van der Waals surface area contributed by atoms with E-state index in [2.05, 4.69) is 9.47 Å². The molecule has 4 nitrogen and oxygen atoms in total. The second-order valence-electron chi connectivity index (χ2n) is 2.13. The van der Waals surface area contributed by atoms with E-state index in [9.17, 15) is 35.9 Å². The molecule has 0 fully saturated rings. The average Bonchev–Trinajstić information content (AvgIpc) is 2.13. The zero-order chi connectivity index (χ0) is 13.7. The van der Waals surface area contributed by atoms with Gasteiger partial charge in [-0.3, -0.25) is 0 Å². The lowest BCUT2D eigenvalue weighted by Crippen LogP contribution is -2.25. The van der Waals surface area contributed by atoms with Gasteiger partial charge >= 0.3 is 24.3 Å². The number of ether oxygens (including phenoxy) is 2. The van der Waals surface area contributed by atoms with Crippen molar-refractivity contribution in [3.63, 3.8) is 0 Å². The normalized spacial score (nSPS) is 11.4. The van der Waals surface area contributed by atoms with Crippen molar-refractivity contribution in [2.45, 2.75) is 12.4 Å². The molecule has 0 spiro atoms. The molecule has 0 aliphatic heterocycles. The lowest BCUT2D eigenvalue weighted by molar-refractivity contribution is -0.190. The van der Waals surface area contributed by atoms with E-state index in [1.807, 2.05) is 0 Å². The number of hydrogen-bond acceptors (Lipinski definition) is 4. The molecule has 11 heteroatoms. The summed E-state index contributed by atoms with van der Waals surface area (Å²) in [5.41, 5.74) is 0.305. The van der Waals surface area contributed by atoms with Gasteiger partial charge in [-0.1, -0.05) is 10.9 Å². The summed E-state index contributed by atoms with van der Waals surface area (Å²) in [6.07, 6.45) is -10.4. The van der Waals surface area contributed by atoms with Crippen molar-refractivity contribution in [1.29, 1.82) is 0 Å². The predicted octanol–water partition coefficient (Wildman–Crippen LogP) is 1.45. The van der Waals surface area contributed by atoms with Crippen LogP contribution < -0.4 is 0 Å². The Balaban J connectivity index is 4.20. The van der Waals surface area contributed by atoms with E-state index in [0.717, 1.165) is 0 Å². The van der Waals surface area contributed by atoms with E-state index in [4.69, 9.17) is 0 Å². The Morgan fingerprint density at radius 2 is 1.12 bits per heavy atom. The maximum atomic E-state index is 11.5. The number of carbonyl (C=O) groups is 2. The number of halogens is 6. The summed E-state index contributed by atoms with van der Waals surface area (Å²) in [4.78, 5) is 20.1. The Hall–Kier alpha value is -1.52. The Bertz CT molecular complexity index is 332. The highest BCUT2D eigenvalue weighted by Gasteiger charge is 2.41. The van der Waals surface area contributed by atoms with Gasteiger partial charge in [0.2, 0.25) is 0 Å². The van der Waals surface area contributed by atoms with Gasteiger partial charge in [0.15, 0.2) is 11.1 Å². The first-order chi connectivity index (χ1) is 7.55. The van der Waals surface area contributed by atoms with Crippen molar-refractivity contribution in [1.82, 2.24) is 0 Å². The molecule has 0 saturated heterocycles. The van der Waals surface area contributed by atoms with E-state index >= 15 is 0 Å². The van der Waals surface area contributed by atoms with Crippen LogP contribution >= 0.6 is 10.9 Å². The lowest BCUT2D eigenvalue weighted by Gasteiger charge is -2.01. The van der Waals surface area contributed by atoms with Gasteiger partial charge in [-0.05, 0) is 0 Å². The summed E-state index contributed by atoms with van der Waals surface area (Å²) in [5.74, 6) is -5.11. The summed E-state index contributed by atoms with van der Waals surface area (Å²) >= 11 is 0. The molecule has 0 aromatic carbocycles. The van der Waals surface area contributed by atoms with Crippen LogP contribution in [0, 0.1) is 0 Å². The quantitative estimate of drug-likeness (QED) is 0.437. The molecule has 0 aromatic heterocycles. The molecule has 0 N–H and O–H groups in total. The second kappa shape index (κ2) is 5.70. The van der Waals surface area contributed by atoms with Crippen molar-refractivity contribution in [3.8, 4) is 0 Å². The molecule has 0 rings (SSSR count). The van der Waals surface area contributed by atoms with Gasteiger partial charge in [-0.2, -0.15) is 26.3 Å². The van der Waals surface area contributed by atoms with Crippen LogP contribution in [0.3, 0.4) is 0 Å². The Labute approximate surface area is 92.6 Å². The molecule has 0 unspecified atom stereocenters. The van der Waals surface area contributed by atoms with Crippen LogP contribution in [0.15, 0.2) is 0 Å². The minimum atomic E-state index is -5.22. The Morgan fingerprint density at radius 3 is 1.35 bits per heavy atom. The van der Waals surface area contributed by atoms with Crippen LogP contribution in [0.1, 0.15) is 0 Å². The smallest absolute Gasteiger partial charge is 0.417 e. The van der Waals surface area contributed by atoms with Crippen LogP contribution in [-0.2, 0) is 19.1 Å². The highest BCUT2D eigenvalue weighted by molar-refractivity contribution is 7.95. The molecule has 0 heterocycles. The molecular weight excluding hydrogens is 282 g/mol. The third kappa shape index (κ3) is 6.60. The maximum absolute atomic E-state index is 11.5. The van der Waals surface area contributed by atoms with E-state index in [-0.39, 0.29) is 22.0 Å². The van der Waals surface area contributed by atoms with Gasteiger partial charge in [-0.25, -0.2) is 9.59 Å². The molecule has 0 radical (unpaired) electrons. The topological polar surface area (TPSA) is 52.6 Å². The second-order valence-corrected chi connectivity index (χ2v) is 2.79. The lowest BCUT2D eigenvalue weighted by atomic mass is 10.7. The fourth-order valence-corrected chi connectivity index (χ4v) is 0.631. The van der Waals surface area contributed by atoms with Crippen LogP contribution in [0.5, 0.6) is 0 Å². The molecule has 0 saturated carbocycles. The third-order valence-corrected chi connectivity index (χ3v) is 1.30. The summed E-state index contributed by atoms with van der Waals surface area (Å²) < 4.78 is 75.9. The van der Waals surface area contributed by atoms with E-state index in [0.29, 0.717) is 0 Å². The molecule has 0 bridgehead atoms. The van der Waals surface area contributed by atoms with Crippen molar-refractivity contribution < 1.29 is 45.4 Å². The first kappa shape index (κ1) is 15.5. The standard InChI is InChI=1S/C6H2F6O4S/c7-5(8,9)3(13)15-1-17-2-16-4(14)6(10,11)12/h1-2H. The summed E-state index contributed by atoms with van der Waals surface area (Å²) in [5, 5.41) is 0. The minimum Gasteiger partial charge on any atom is -0.417 e. The van der Waals surface area contributed by atoms with Gasteiger partial charge in [0.05, 0.1) is 0 Å². The van der Waals surface area contributed by atoms with Gasteiger partial charge in [0.1, 0.15) is 0 Å². The molecule has 0 aliphatic rings. The minimum absolute atomic E-state index is 0.00602. The average molecular weight is 284 g/mol. The number of alkyl halides is 6. The summed E-state index contributed by atoms with van der Waals surface area (Å²) in [7, 11) is 0.00602. The van der Waals surface area contributed by atoms with E-state index in [1.165, 1.54) is 0 Å². The fourth-order valence-electron chi connectivity index (χ4n) is 0.299. The maximum Gasteiger partial charge on any atom is 0.491 e. The molecule has 98 valence electrons. The first-order valence-electron chi connectivity index (χ1n) is 3.39. The van der Waals surface area contributed by atoms with Crippen LogP contribution in [0.2, 0.25) is 0 Å². The largest absolute Gasteiger partial charge is 0.491 e. The number of carbonyl (C=O) groups excluding carboxylic acids is 2. The van der Waals surface area contributed by atoms with Crippen LogP contribution in [0.4, 0.5) is 26.3 Å². The Morgan fingerprint density at radius 1 is 0.824 bits per heavy atom. The molecule has 0 aliphatic carbocycles. The molecule has 0 aromatic rings. The van der Waals surface area contributed by atoms with Crippen molar-refractivity contribution in [2.24, 2.45) is 0 Å². The first-order valence-corrected chi connectivity index (χ1v) is 4.34. The van der Waals surface area contributed by atoms with Crippen LogP contribution in [0.25, 0.3) is 0 Å². The van der Waals surface area contributed by atoms with Gasteiger partial charge in [-0.15, -0.1) is 0 Å². The molecule has 17 heavy (non-hydrogen) atoms. The van der Waals surface area contributed by atoms with E-state index < -0.39 is 24.3 Å². The number of hydrogen-bond donors (Lipinski definition) is 0. The van der Waals surface area contributed by atoms with Crippen molar-refractivity contribution in [2.75, 3.05) is 0 Å². The number of esters is 2. The Kier molecular flexibility index (Phi) is 5.19. The van der Waals surface area contributed by atoms with Crippen LogP contribution in [-0.4, -0.2) is 35.4 Å². The molecule has 0 atom stereocenters. The molecule has 0 amide bonds. The van der Waals surface area contributed by atoms with Gasteiger partial charge in [0, 0.05) is 0 Å². The van der Waals surface area contributed by atoms with Crippen molar-refractivity contribution in [3.05, 3.63) is 0 Å². The zero-order valence-corrected chi connectivity index (χ0v) is 8.28. The predicted molar refractivity (Wildman–Crippen MR) is 44.0 cm³/mol.